The maximum Gasteiger partial charge on any atom is 0.191 e. The molecule has 0 radical (unpaired) electrons. The Morgan fingerprint density at radius 3 is 2.70 bits per heavy atom. The third-order valence-corrected chi connectivity index (χ3v) is 5.54. The van der Waals surface area contributed by atoms with E-state index in [1.165, 1.54) is 24.0 Å². The van der Waals surface area contributed by atoms with E-state index < -0.39 is 0 Å². The van der Waals surface area contributed by atoms with Crippen molar-refractivity contribution in [2.75, 3.05) is 34.2 Å². The smallest absolute Gasteiger partial charge is 0.191 e. The highest BCUT2D eigenvalue weighted by atomic mass is 35.5. The Kier molecular flexibility index (Phi) is 6.07. The van der Waals surface area contributed by atoms with Crippen LogP contribution in [0.3, 0.4) is 0 Å². The van der Waals surface area contributed by atoms with Crippen LogP contribution in [0.25, 0.3) is 0 Å². The summed E-state index contributed by atoms with van der Waals surface area (Å²) in [6.45, 7) is 1.61. The van der Waals surface area contributed by atoms with Crippen LogP contribution in [-0.4, -0.2) is 54.9 Å². The van der Waals surface area contributed by atoms with Crippen LogP contribution in [0, 0.1) is 0 Å². The van der Waals surface area contributed by atoms with Gasteiger partial charge in [-0.3, -0.25) is 9.67 Å². The predicted molar refractivity (Wildman–Crippen MR) is 111 cm³/mol. The number of nitrogens with zero attached hydrogens (tertiary/aromatic N) is 4. The second-order valence-electron chi connectivity index (χ2n) is 7.52. The van der Waals surface area contributed by atoms with Crippen molar-refractivity contribution in [1.82, 2.24) is 25.3 Å². The van der Waals surface area contributed by atoms with Gasteiger partial charge in [-0.2, -0.15) is 5.10 Å². The van der Waals surface area contributed by atoms with Crippen LogP contribution in [0.15, 0.2) is 41.7 Å². The third kappa shape index (κ3) is 4.82. The van der Waals surface area contributed by atoms with Crippen molar-refractivity contribution in [3.63, 3.8) is 0 Å². The van der Waals surface area contributed by atoms with E-state index in [-0.39, 0.29) is 11.5 Å². The molecule has 2 N–H and O–H groups in total. The average molecular weight is 389 g/mol. The first-order valence-corrected chi connectivity index (χ1v) is 9.67. The highest BCUT2D eigenvalue weighted by Gasteiger charge is 2.44. The van der Waals surface area contributed by atoms with Crippen molar-refractivity contribution >= 4 is 17.6 Å². The van der Waals surface area contributed by atoms with Gasteiger partial charge in [-0.25, -0.2) is 0 Å². The van der Waals surface area contributed by atoms with Crippen LogP contribution in [-0.2, 0) is 12.5 Å². The lowest BCUT2D eigenvalue weighted by Gasteiger charge is -2.25. The number of likely N-dealkylation sites (N-methyl/N-ethyl adjacent to an activating group) is 1. The van der Waals surface area contributed by atoms with Crippen molar-refractivity contribution in [2.24, 2.45) is 12.0 Å². The first kappa shape index (κ1) is 19.7. The molecule has 2 aromatic rings. The highest BCUT2D eigenvalue weighted by molar-refractivity contribution is 6.30. The highest BCUT2D eigenvalue weighted by Crippen LogP contribution is 2.48. The SMILES string of the molecule is CN=C(NCC(c1cnn(C)c1)N(C)C)NCC1(c2cccc(Cl)c2)CC1. The first-order chi connectivity index (χ1) is 12.9. The first-order valence-electron chi connectivity index (χ1n) is 9.29. The Bertz CT molecular complexity index is 793. The number of nitrogens with one attached hydrogen (secondary N) is 2. The van der Waals surface area contributed by atoms with Gasteiger partial charge in [0.2, 0.25) is 0 Å². The molecule has 1 aromatic carbocycles. The van der Waals surface area contributed by atoms with Crippen LogP contribution in [0.5, 0.6) is 0 Å². The molecule has 0 aliphatic heterocycles. The fourth-order valence-corrected chi connectivity index (χ4v) is 3.60. The van der Waals surface area contributed by atoms with Gasteiger partial charge in [0.1, 0.15) is 0 Å². The number of hydrogen-bond acceptors (Lipinski definition) is 3. The molecule has 7 heteroatoms. The molecular weight excluding hydrogens is 360 g/mol. The summed E-state index contributed by atoms with van der Waals surface area (Å²) in [6, 6.07) is 8.42. The summed E-state index contributed by atoms with van der Waals surface area (Å²) < 4.78 is 1.83. The summed E-state index contributed by atoms with van der Waals surface area (Å²) in [4.78, 5) is 6.58. The van der Waals surface area contributed by atoms with Gasteiger partial charge in [0.15, 0.2) is 5.96 Å². The number of halogens is 1. The van der Waals surface area contributed by atoms with Crippen molar-refractivity contribution < 1.29 is 0 Å². The molecule has 146 valence electrons. The lowest BCUT2D eigenvalue weighted by atomic mass is 9.96. The zero-order valence-corrected chi connectivity index (χ0v) is 17.3. The van der Waals surface area contributed by atoms with E-state index in [0.29, 0.717) is 0 Å². The number of aliphatic imine (C=N–C) groups is 1. The zero-order chi connectivity index (χ0) is 19.4. The number of guanidine groups is 1. The lowest BCUT2D eigenvalue weighted by Crippen LogP contribution is -2.44. The summed E-state index contributed by atoms with van der Waals surface area (Å²) in [5.74, 6) is 0.819. The minimum absolute atomic E-state index is 0.173. The third-order valence-electron chi connectivity index (χ3n) is 5.30. The van der Waals surface area contributed by atoms with Crippen molar-refractivity contribution in [2.45, 2.75) is 24.3 Å². The molecule has 1 atom stereocenters. The monoisotopic (exact) mass is 388 g/mol. The van der Waals surface area contributed by atoms with E-state index in [1.807, 2.05) is 37.1 Å². The molecular formula is C20H29ClN6. The van der Waals surface area contributed by atoms with Crippen LogP contribution in [0.1, 0.15) is 30.0 Å². The normalized spacial score (nSPS) is 17.0. The van der Waals surface area contributed by atoms with Crippen molar-refractivity contribution in [1.29, 1.82) is 0 Å². The summed E-state index contributed by atoms with van der Waals surface area (Å²) in [7, 11) is 7.90. The Balaban J connectivity index is 1.58. The van der Waals surface area contributed by atoms with Crippen molar-refractivity contribution in [3.8, 4) is 0 Å². The molecule has 27 heavy (non-hydrogen) atoms. The standard InChI is InChI=1S/C20H29ClN6/c1-22-19(23-12-18(26(2)3)15-11-25-27(4)13-15)24-14-20(8-9-20)16-6-5-7-17(21)10-16/h5-7,10-11,13,18H,8-9,12,14H2,1-4H3,(H2,22,23,24). The molecule has 1 saturated carbocycles. The molecule has 0 bridgehead atoms. The largest absolute Gasteiger partial charge is 0.356 e. The van der Waals surface area contributed by atoms with Crippen molar-refractivity contribution in [3.05, 3.63) is 52.8 Å². The van der Waals surface area contributed by atoms with Gasteiger partial charge >= 0.3 is 0 Å². The van der Waals surface area contributed by atoms with Gasteiger partial charge in [0.25, 0.3) is 0 Å². The zero-order valence-electron chi connectivity index (χ0n) is 16.5. The molecule has 0 spiro atoms. The number of aromatic nitrogens is 2. The lowest BCUT2D eigenvalue weighted by molar-refractivity contribution is 0.298. The maximum absolute atomic E-state index is 6.17. The van der Waals surface area contributed by atoms with Gasteiger partial charge in [-0.1, -0.05) is 23.7 Å². The average Bonchev–Trinajstić information content (AvgIpc) is 3.32. The molecule has 3 rings (SSSR count). The van der Waals surface area contributed by atoms with E-state index in [2.05, 4.69) is 58.0 Å². The van der Waals surface area contributed by atoms with Crippen LogP contribution in [0.2, 0.25) is 5.02 Å². The van der Waals surface area contributed by atoms with Gasteiger partial charge in [-0.05, 0) is 44.6 Å². The minimum Gasteiger partial charge on any atom is -0.356 e. The Labute approximate surface area is 166 Å². The molecule has 1 aliphatic carbocycles. The van der Waals surface area contributed by atoms with Gasteiger partial charge in [0, 0.05) is 49.4 Å². The fraction of sp³-hybridized carbons (Fsp3) is 0.500. The van der Waals surface area contributed by atoms with Crippen LogP contribution < -0.4 is 10.6 Å². The molecule has 0 saturated heterocycles. The number of hydrogen-bond donors (Lipinski definition) is 2. The van der Waals surface area contributed by atoms with Crippen LogP contribution >= 0.6 is 11.6 Å². The van der Waals surface area contributed by atoms with Crippen LogP contribution in [0.4, 0.5) is 0 Å². The summed E-state index contributed by atoms with van der Waals surface area (Å²) in [6.07, 6.45) is 6.32. The van der Waals surface area contributed by atoms with E-state index in [1.54, 1.807) is 0 Å². The van der Waals surface area contributed by atoms with Gasteiger partial charge < -0.3 is 15.5 Å². The van der Waals surface area contributed by atoms with E-state index in [9.17, 15) is 0 Å². The van der Waals surface area contributed by atoms with Gasteiger partial charge in [0.05, 0.1) is 12.2 Å². The molecule has 1 unspecified atom stereocenters. The Morgan fingerprint density at radius 2 is 2.15 bits per heavy atom. The second-order valence-corrected chi connectivity index (χ2v) is 7.96. The second kappa shape index (κ2) is 8.31. The molecule has 1 fully saturated rings. The van der Waals surface area contributed by atoms with E-state index >= 15 is 0 Å². The number of benzene rings is 1. The molecule has 1 aromatic heterocycles. The molecule has 0 amide bonds. The maximum atomic E-state index is 6.17. The Morgan fingerprint density at radius 1 is 1.37 bits per heavy atom. The topological polar surface area (TPSA) is 57.5 Å². The number of aryl methyl sites for hydroxylation is 1. The Hall–Kier alpha value is -2.05. The van der Waals surface area contributed by atoms with E-state index in [4.69, 9.17) is 11.6 Å². The van der Waals surface area contributed by atoms with E-state index in [0.717, 1.165) is 24.1 Å². The summed E-state index contributed by atoms with van der Waals surface area (Å²) in [5.41, 5.74) is 2.66. The minimum atomic E-state index is 0.173. The predicted octanol–water partition coefficient (Wildman–Crippen LogP) is 2.57. The molecule has 1 heterocycles. The molecule has 1 aliphatic rings. The summed E-state index contributed by atoms with van der Waals surface area (Å²) >= 11 is 6.17. The quantitative estimate of drug-likeness (QED) is 0.565. The number of rotatable bonds is 7. The molecule has 6 nitrogen and oxygen atoms in total. The fourth-order valence-electron chi connectivity index (χ4n) is 3.41. The summed E-state index contributed by atoms with van der Waals surface area (Å²) in [5, 5.41) is 12.0. The van der Waals surface area contributed by atoms with Gasteiger partial charge in [-0.15, -0.1) is 0 Å².